The molecule has 1 saturated heterocycles. The maximum atomic E-state index is 3.71. The summed E-state index contributed by atoms with van der Waals surface area (Å²) in [6, 6.07) is 7.99. The first-order valence-electron chi connectivity index (χ1n) is 6.45. The van der Waals surface area contributed by atoms with Crippen molar-refractivity contribution in [3.8, 4) is 0 Å². The van der Waals surface area contributed by atoms with Crippen molar-refractivity contribution in [2.24, 2.45) is 0 Å². The van der Waals surface area contributed by atoms with Crippen LogP contribution in [-0.2, 0) is 0 Å². The molecule has 3 atom stereocenters. The third-order valence-electron chi connectivity index (χ3n) is 3.94. The number of aryl methyl sites for hydroxylation is 2. The Bertz CT molecular complexity index is 349. The summed E-state index contributed by atoms with van der Waals surface area (Å²) in [5.41, 5.74) is 4.50. The zero-order valence-corrected chi connectivity index (χ0v) is 10.9. The van der Waals surface area contributed by atoms with Crippen molar-refractivity contribution in [3.05, 3.63) is 34.9 Å². The first-order valence-corrected chi connectivity index (χ1v) is 6.45. The van der Waals surface area contributed by atoms with E-state index in [1.165, 1.54) is 24.0 Å². The van der Waals surface area contributed by atoms with Crippen molar-refractivity contribution in [1.29, 1.82) is 0 Å². The SMILES string of the molecule is CCC1NC(C)CC1c1c(C)cccc1C. The predicted octanol–water partition coefficient (Wildman–Crippen LogP) is 3.55. The van der Waals surface area contributed by atoms with Crippen molar-refractivity contribution in [2.45, 2.75) is 58.5 Å². The van der Waals surface area contributed by atoms with Gasteiger partial charge < -0.3 is 5.32 Å². The van der Waals surface area contributed by atoms with Crippen LogP contribution >= 0.6 is 0 Å². The van der Waals surface area contributed by atoms with Crippen molar-refractivity contribution < 1.29 is 0 Å². The first-order chi connectivity index (χ1) is 7.63. The van der Waals surface area contributed by atoms with Gasteiger partial charge in [-0.15, -0.1) is 0 Å². The Morgan fingerprint density at radius 3 is 2.44 bits per heavy atom. The molecule has 88 valence electrons. The normalized spacial score (nSPS) is 29.6. The van der Waals surface area contributed by atoms with Gasteiger partial charge in [-0.2, -0.15) is 0 Å². The molecule has 1 heterocycles. The Kier molecular flexibility index (Phi) is 3.34. The van der Waals surface area contributed by atoms with Crippen LogP contribution in [0.2, 0.25) is 0 Å². The zero-order chi connectivity index (χ0) is 11.7. The number of hydrogen-bond donors (Lipinski definition) is 1. The van der Waals surface area contributed by atoms with Gasteiger partial charge in [0.15, 0.2) is 0 Å². The first kappa shape index (κ1) is 11.7. The van der Waals surface area contributed by atoms with Gasteiger partial charge in [-0.1, -0.05) is 25.1 Å². The molecule has 0 amide bonds. The molecule has 2 rings (SSSR count). The number of benzene rings is 1. The highest BCUT2D eigenvalue weighted by Crippen LogP contribution is 2.35. The fourth-order valence-corrected chi connectivity index (χ4v) is 3.23. The van der Waals surface area contributed by atoms with Crippen LogP contribution in [-0.4, -0.2) is 12.1 Å². The lowest BCUT2D eigenvalue weighted by atomic mass is 9.84. The van der Waals surface area contributed by atoms with Crippen LogP contribution in [0.4, 0.5) is 0 Å². The highest BCUT2D eigenvalue weighted by Gasteiger charge is 2.32. The average Bonchev–Trinajstić information content (AvgIpc) is 2.59. The number of rotatable bonds is 2. The summed E-state index contributed by atoms with van der Waals surface area (Å²) < 4.78 is 0. The van der Waals surface area contributed by atoms with E-state index in [2.05, 4.69) is 51.2 Å². The molecule has 0 aliphatic carbocycles. The van der Waals surface area contributed by atoms with Crippen LogP contribution in [0.15, 0.2) is 18.2 Å². The second-order valence-corrected chi connectivity index (χ2v) is 5.23. The Balaban J connectivity index is 2.36. The predicted molar refractivity (Wildman–Crippen MR) is 70.0 cm³/mol. The van der Waals surface area contributed by atoms with Crippen molar-refractivity contribution in [2.75, 3.05) is 0 Å². The molecule has 1 N–H and O–H groups in total. The third kappa shape index (κ3) is 2.01. The van der Waals surface area contributed by atoms with Gasteiger partial charge in [-0.25, -0.2) is 0 Å². The van der Waals surface area contributed by atoms with Crippen LogP contribution in [0.1, 0.15) is 49.3 Å². The third-order valence-corrected chi connectivity index (χ3v) is 3.94. The van der Waals surface area contributed by atoms with Gasteiger partial charge in [0.1, 0.15) is 0 Å². The summed E-state index contributed by atoms with van der Waals surface area (Å²) in [5, 5.41) is 3.71. The molecule has 0 spiro atoms. The molecule has 0 saturated carbocycles. The smallest absolute Gasteiger partial charge is 0.0136 e. The van der Waals surface area contributed by atoms with Gasteiger partial charge in [0, 0.05) is 18.0 Å². The molecule has 1 fully saturated rings. The van der Waals surface area contributed by atoms with Crippen LogP contribution < -0.4 is 5.32 Å². The van der Waals surface area contributed by atoms with Gasteiger partial charge in [0.25, 0.3) is 0 Å². The maximum absolute atomic E-state index is 3.71. The molecular weight excluding hydrogens is 194 g/mol. The lowest BCUT2D eigenvalue weighted by Gasteiger charge is -2.22. The van der Waals surface area contributed by atoms with E-state index in [0.717, 1.165) is 0 Å². The summed E-state index contributed by atoms with van der Waals surface area (Å²) in [4.78, 5) is 0. The van der Waals surface area contributed by atoms with E-state index < -0.39 is 0 Å². The van der Waals surface area contributed by atoms with Gasteiger partial charge >= 0.3 is 0 Å². The molecule has 1 aromatic rings. The van der Waals surface area contributed by atoms with E-state index in [9.17, 15) is 0 Å². The standard InChI is InChI=1S/C15H23N/c1-5-14-13(9-12(4)16-14)15-10(2)7-6-8-11(15)3/h6-8,12-14,16H,5,9H2,1-4H3. The van der Waals surface area contributed by atoms with Crippen molar-refractivity contribution in [3.63, 3.8) is 0 Å². The van der Waals surface area contributed by atoms with Crippen LogP contribution in [0.5, 0.6) is 0 Å². The lowest BCUT2D eigenvalue weighted by molar-refractivity contribution is 0.515. The Morgan fingerprint density at radius 1 is 1.25 bits per heavy atom. The topological polar surface area (TPSA) is 12.0 Å². The molecule has 1 aliphatic heterocycles. The minimum absolute atomic E-state index is 0.661. The summed E-state index contributed by atoms with van der Waals surface area (Å²) in [7, 11) is 0. The maximum Gasteiger partial charge on any atom is 0.0136 e. The van der Waals surface area contributed by atoms with E-state index in [1.807, 2.05) is 0 Å². The molecule has 3 unspecified atom stereocenters. The average molecular weight is 217 g/mol. The molecule has 0 bridgehead atoms. The highest BCUT2D eigenvalue weighted by atomic mass is 15.0. The summed E-state index contributed by atoms with van der Waals surface area (Å²) in [6.07, 6.45) is 2.51. The lowest BCUT2D eigenvalue weighted by Crippen LogP contribution is -2.29. The molecule has 0 aromatic heterocycles. The van der Waals surface area contributed by atoms with E-state index in [-0.39, 0.29) is 0 Å². The van der Waals surface area contributed by atoms with E-state index in [4.69, 9.17) is 0 Å². The second kappa shape index (κ2) is 4.58. The minimum Gasteiger partial charge on any atom is -0.311 e. The van der Waals surface area contributed by atoms with Crippen molar-refractivity contribution >= 4 is 0 Å². The molecular formula is C15H23N. The second-order valence-electron chi connectivity index (χ2n) is 5.23. The minimum atomic E-state index is 0.661. The van der Waals surface area contributed by atoms with Gasteiger partial charge in [-0.05, 0) is 50.3 Å². The Hall–Kier alpha value is -0.820. The molecule has 1 aliphatic rings. The van der Waals surface area contributed by atoms with Gasteiger partial charge in [-0.3, -0.25) is 0 Å². The van der Waals surface area contributed by atoms with E-state index in [0.29, 0.717) is 18.0 Å². The van der Waals surface area contributed by atoms with Gasteiger partial charge in [0.05, 0.1) is 0 Å². The molecule has 1 aromatic carbocycles. The summed E-state index contributed by atoms with van der Waals surface area (Å²) in [6.45, 7) is 9.09. The Morgan fingerprint density at radius 2 is 1.88 bits per heavy atom. The molecule has 1 nitrogen and oxygen atoms in total. The van der Waals surface area contributed by atoms with E-state index in [1.54, 1.807) is 5.56 Å². The number of hydrogen-bond acceptors (Lipinski definition) is 1. The fraction of sp³-hybridized carbons (Fsp3) is 0.600. The summed E-state index contributed by atoms with van der Waals surface area (Å²) >= 11 is 0. The molecule has 16 heavy (non-hydrogen) atoms. The van der Waals surface area contributed by atoms with E-state index >= 15 is 0 Å². The van der Waals surface area contributed by atoms with Crippen LogP contribution in [0.3, 0.4) is 0 Å². The largest absolute Gasteiger partial charge is 0.311 e. The van der Waals surface area contributed by atoms with Crippen LogP contribution in [0.25, 0.3) is 0 Å². The van der Waals surface area contributed by atoms with Crippen molar-refractivity contribution in [1.82, 2.24) is 5.32 Å². The molecule has 0 radical (unpaired) electrons. The van der Waals surface area contributed by atoms with Gasteiger partial charge in [0.2, 0.25) is 0 Å². The quantitative estimate of drug-likeness (QED) is 0.799. The van der Waals surface area contributed by atoms with Crippen LogP contribution in [0, 0.1) is 13.8 Å². The monoisotopic (exact) mass is 217 g/mol. The molecule has 1 heteroatoms. The fourth-order valence-electron chi connectivity index (χ4n) is 3.23. The zero-order valence-electron chi connectivity index (χ0n) is 10.9. The summed E-state index contributed by atoms with van der Waals surface area (Å²) in [5.74, 6) is 0.709. The Labute approximate surface area is 99.3 Å². The highest BCUT2D eigenvalue weighted by molar-refractivity contribution is 5.38. The number of nitrogens with one attached hydrogen (secondary N) is 1.